The molecule has 14 heteroatoms. The van der Waals surface area contributed by atoms with Crippen LogP contribution in [0, 0.1) is 46.4 Å². The first-order valence-electron chi connectivity index (χ1n) is 17.3. The van der Waals surface area contributed by atoms with Crippen LogP contribution in [0.3, 0.4) is 0 Å². The maximum atomic E-state index is 14.4. The molecular weight excluding hydrogens is 737 g/mol. The number of halogens is 4. The lowest BCUT2D eigenvalue weighted by Crippen LogP contribution is -2.44. The van der Waals surface area contributed by atoms with Gasteiger partial charge in [-0.2, -0.15) is 15.5 Å². The molecule has 2 aliphatic carbocycles. The number of hydrogen-bond acceptors (Lipinski definition) is 8. The lowest BCUT2D eigenvalue weighted by atomic mass is 9.95. The third kappa shape index (κ3) is 6.18. The molecule has 4 unspecified atom stereocenters. The summed E-state index contributed by atoms with van der Waals surface area (Å²) in [6.07, 6.45) is 2.30. The number of carbonyl (C=O) groups is 2. The Hall–Kier alpha value is -4.97. The Morgan fingerprint density at radius 1 is 0.759 bits per heavy atom. The second kappa shape index (κ2) is 14.7. The van der Waals surface area contributed by atoms with Crippen molar-refractivity contribution >= 4 is 45.4 Å². The fourth-order valence-electron chi connectivity index (χ4n) is 7.91. The summed E-state index contributed by atoms with van der Waals surface area (Å²) in [5.41, 5.74) is 9.97. The van der Waals surface area contributed by atoms with Gasteiger partial charge in [0.05, 0.1) is 6.07 Å². The largest absolute Gasteiger partial charge is 0.330 e. The van der Waals surface area contributed by atoms with Gasteiger partial charge in [0.1, 0.15) is 43.1 Å². The van der Waals surface area contributed by atoms with Crippen LogP contribution in [0.15, 0.2) is 95.1 Å². The van der Waals surface area contributed by atoms with E-state index < -0.39 is 33.0 Å². The second-order valence-corrected chi connectivity index (χ2v) is 15.8. The molecule has 4 aliphatic rings. The van der Waals surface area contributed by atoms with Gasteiger partial charge < -0.3 is 5.73 Å². The molecule has 4 atom stereocenters. The zero-order valence-corrected chi connectivity index (χ0v) is 30.9. The van der Waals surface area contributed by atoms with Gasteiger partial charge in [-0.1, -0.05) is 72.1 Å². The number of fused-ring (bicyclic) bond motifs is 4. The van der Waals surface area contributed by atoms with Gasteiger partial charge in [-0.25, -0.2) is 27.6 Å². The lowest BCUT2D eigenvalue weighted by molar-refractivity contribution is -0.134. The van der Waals surface area contributed by atoms with Crippen LogP contribution < -0.4 is 5.73 Å². The topological polar surface area (TPSA) is 115 Å². The van der Waals surface area contributed by atoms with Crippen molar-refractivity contribution in [1.82, 2.24) is 10.0 Å². The number of thioether (sulfide) groups is 2. The monoisotopic (exact) mass is 770 g/mol. The minimum atomic E-state index is -0.924. The van der Waals surface area contributed by atoms with Gasteiger partial charge in [-0.3, -0.25) is 9.59 Å². The first-order chi connectivity index (χ1) is 25.9. The summed E-state index contributed by atoms with van der Waals surface area (Å²) in [5, 5.41) is 21.5. The van der Waals surface area contributed by atoms with Gasteiger partial charge in [-0.15, -0.1) is 0 Å². The molecule has 2 aliphatic heterocycles. The highest BCUT2D eigenvalue weighted by molar-refractivity contribution is 8.15. The van der Waals surface area contributed by atoms with Crippen LogP contribution in [-0.4, -0.2) is 38.5 Å². The Morgan fingerprint density at radius 3 is 1.65 bits per heavy atom. The Balaban J connectivity index is 0.000000167. The molecule has 0 fully saturated rings. The highest BCUT2D eigenvalue weighted by Gasteiger charge is 2.58. The Bertz CT molecular complexity index is 2280. The first kappa shape index (κ1) is 37.3. The van der Waals surface area contributed by atoms with E-state index in [1.807, 2.05) is 48.5 Å². The van der Waals surface area contributed by atoms with Crippen LogP contribution in [0.4, 0.5) is 17.6 Å². The van der Waals surface area contributed by atoms with Gasteiger partial charge in [-0.05, 0) is 84.5 Å². The van der Waals surface area contributed by atoms with E-state index in [9.17, 15) is 32.4 Å². The third-order valence-electron chi connectivity index (χ3n) is 10.1. The second-order valence-electron chi connectivity index (χ2n) is 13.4. The summed E-state index contributed by atoms with van der Waals surface area (Å²) in [6, 6.07) is 24.2. The van der Waals surface area contributed by atoms with E-state index in [2.05, 4.69) is 16.3 Å². The summed E-state index contributed by atoms with van der Waals surface area (Å²) in [7, 11) is 0. The van der Waals surface area contributed by atoms with Crippen LogP contribution in [0.5, 0.6) is 0 Å². The van der Waals surface area contributed by atoms with Gasteiger partial charge in [0.25, 0.3) is 0 Å². The summed E-state index contributed by atoms with van der Waals surface area (Å²) in [6.45, 7) is 3.30. The SMILES string of the molecule is CC(=O)N1N=C(c2cc(F)ccc2F)SC12c1ccccc1CC2CC#N.CC(=O)N1N=C(c2cc(F)ccc2F)SC12c1ccccc1CC2CCN. The van der Waals surface area contributed by atoms with E-state index in [1.54, 1.807) is 0 Å². The van der Waals surface area contributed by atoms with Crippen molar-refractivity contribution in [2.24, 2.45) is 27.8 Å². The van der Waals surface area contributed by atoms with Crippen molar-refractivity contribution in [2.45, 2.75) is 49.3 Å². The average molecular weight is 771 g/mol. The van der Waals surface area contributed by atoms with E-state index >= 15 is 0 Å². The lowest BCUT2D eigenvalue weighted by Gasteiger charge is -2.37. The van der Waals surface area contributed by atoms with Crippen molar-refractivity contribution in [2.75, 3.05) is 6.54 Å². The van der Waals surface area contributed by atoms with Crippen molar-refractivity contribution in [3.05, 3.63) is 142 Å². The van der Waals surface area contributed by atoms with Gasteiger partial charge >= 0.3 is 0 Å². The minimum absolute atomic E-state index is 0.0169. The van der Waals surface area contributed by atoms with Crippen LogP contribution >= 0.6 is 23.5 Å². The van der Waals surface area contributed by atoms with Crippen molar-refractivity contribution in [3.8, 4) is 6.07 Å². The molecule has 2 heterocycles. The third-order valence-corrected chi connectivity index (χ3v) is 13.2. The van der Waals surface area contributed by atoms with E-state index in [0.29, 0.717) is 24.4 Å². The highest BCUT2D eigenvalue weighted by atomic mass is 32.2. The molecule has 2 spiro atoms. The van der Waals surface area contributed by atoms with Crippen molar-refractivity contribution in [1.29, 1.82) is 5.26 Å². The standard InChI is InChI=1S/C20H19F2N3OS.C20H15F2N3OS/c2*1-12(26)25-20(14(8-9-23)10-13-4-2-3-5-17(13)20)27-19(24-25)16-11-15(21)6-7-18(16)22/h2-7,11,14H,8-10,23H2,1H3;2-7,11,14H,8,10H2,1H3. The molecule has 0 saturated heterocycles. The highest BCUT2D eigenvalue weighted by Crippen LogP contribution is 2.60. The minimum Gasteiger partial charge on any atom is -0.330 e. The molecule has 4 aromatic rings. The number of nitriles is 1. The molecule has 0 radical (unpaired) electrons. The number of rotatable bonds is 5. The maximum absolute atomic E-state index is 14.4. The number of carbonyl (C=O) groups excluding carboxylic acids is 2. The Kier molecular flexibility index (Phi) is 10.2. The maximum Gasteiger partial charge on any atom is 0.241 e. The summed E-state index contributed by atoms with van der Waals surface area (Å²) in [4.78, 5) is 23.2. The molecule has 2 amide bonds. The molecule has 0 aromatic heterocycles. The summed E-state index contributed by atoms with van der Waals surface area (Å²) < 4.78 is 56.2. The molecule has 0 bridgehead atoms. The Labute approximate surface area is 318 Å². The van der Waals surface area contributed by atoms with Crippen molar-refractivity contribution in [3.63, 3.8) is 0 Å². The summed E-state index contributed by atoms with van der Waals surface area (Å²) >= 11 is 2.54. The van der Waals surface area contributed by atoms with Gasteiger partial charge in [0.2, 0.25) is 11.8 Å². The summed E-state index contributed by atoms with van der Waals surface area (Å²) in [5.74, 6) is -3.02. The number of hydrogen-bond donors (Lipinski definition) is 1. The molecule has 4 aromatic carbocycles. The predicted octanol–water partition coefficient (Wildman–Crippen LogP) is 7.76. The smallest absolute Gasteiger partial charge is 0.241 e. The molecule has 276 valence electrons. The quantitative estimate of drug-likeness (QED) is 0.208. The van der Waals surface area contributed by atoms with Gasteiger partial charge in [0.15, 0.2) is 0 Å². The number of benzene rings is 4. The average Bonchev–Trinajstić information content (AvgIpc) is 3.91. The van der Waals surface area contributed by atoms with Crippen LogP contribution in [-0.2, 0) is 32.2 Å². The van der Waals surface area contributed by atoms with Crippen LogP contribution in [0.25, 0.3) is 0 Å². The van der Waals surface area contributed by atoms with Gasteiger partial charge in [0, 0.05) is 43.2 Å². The molecule has 8 rings (SSSR count). The number of nitrogens with zero attached hydrogens (tertiary/aromatic N) is 5. The molecule has 0 saturated carbocycles. The van der Waals surface area contributed by atoms with Crippen LogP contribution in [0.2, 0.25) is 0 Å². The number of hydrazone groups is 2. The Morgan fingerprint density at radius 2 is 1.20 bits per heavy atom. The van der Waals surface area contributed by atoms with E-state index in [4.69, 9.17) is 5.73 Å². The first-order valence-corrected chi connectivity index (χ1v) is 18.9. The molecule has 2 N–H and O–H groups in total. The van der Waals surface area contributed by atoms with E-state index in [-0.39, 0.29) is 46.2 Å². The van der Waals surface area contributed by atoms with E-state index in [0.717, 1.165) is 65.1 Å². The number of nitrogens with two attached hydrogens (primary N) is 1. The molecular formula is C40H34F4N6O2S2. The zero-order valence-electron chi connectivity index (χ0n) is 29.2. The van der Waals surface area contributed by atoms with E-state index in [1.165, 1.54) is 47.4 Å². The fourth-order valence-corrected chi connectivity index (χ4v) is 11.1. The molecule has 8 nitrogen and oxygen atoms in total. The molecule has 54 heavy (non-hydrogen) atoms. The zero-order chi connectivity index (χ0) is 38.4. The number of amides is 2. The normalized spacial score (nSPS) is 23.4. The van der Waals surface area contributed by atoms with Crippen molar-refractivity contribution < 1.29 is 27.2 Å². The fraction of sp³-hybridized carbons (Fsp3) is 0.275. The predicted molar refractivity (Wildman–Crippen MR) is 201 cm³/mol. The van der Waals surface area contributed by atoms with Crippen LogP contribution in [0.1, 0.15) is 60.1 Å².